The van der Waals surface area contributed by atoms with Crippen LogP contribution in [0.2, 0.25) is 0 Å². The number of nitrogens with zero attached hydrogens (tertiary/aromatic N) is 1. The smallest absolute Gasteiger partial charge is 0.0934 e. The summed E-state index contributed by atoms with van der Waals surface area (Å²) in [6, 6.07) is 8.48. The average molecular weight is 353 g/mol. The molecule has 2 rings (SSSR count). The summed E-state index contributed by atoms with van der Waals surface area (Å²) in [5, 5.41) is 4.57. The van der Waals surface area contributed by atoms with Crippen LogP contribution in [0.25, 0.3) is 0 Å². The molecule has 0 spiro atoms. The summed E-state index contributed by atoms with van der Waals surface area (Å²) < 4.78 is 1.20. The van der Waals surface area contributed by atoms with E-state index in [1.165, 1.54) is 25.6 Å². The normalized spacial score (nSPS) is 12.6. The molecule has 0 fully saturated rings. The Bertz CT molecular complexity index is 546. The first-order valence-corrected chi connectivity index (χ1v) is 8.52. The molecule has 0 amide bonds. The van der Waals surface area contributed by atoms with Crippen LogP contribution in [-0.4, -0.2) is 18.6 Å². The molecule has 0 radical (unpaired) electrons. The summed E-state index contributed by atoms with van der Waals surface area (Å²) in [5.41, 5.74) is 2.55. The maximum Gasteiger partial charge on any atom is 0.0934 e. The topological polar surface area (TPSA) is 24.9 Å². The van der Waals surface area contributed by atoms with E-state index in [2.05, 4.69) is 64.3 Å². The summed E-state index contributed by atoms with van der Waals surface area (Å²) in [4.78, 5) is 6.01. The highest BCUT2D eigenvalue weighted by Gasteiger charge is 2.14. The van der Waals surface area contributed by atoms with Crippen molar-refractivity contribution in [2.45, 2.75) is 26.7 Å². The average Bonchev–Trinajstić information content (AvgIpc) is 2.71. The number of hydrogen-bond donors (Lipinski definition) is 1. The number of thiazole rings is 1. The minimum atomic E-state index is 0.573. The molecule has 0 saturated carbocycles. The van der Waals surface area contributed by atoms with Crippen LogP contribution in [0.3, 0.4) is 0 Å². The fourth-order valence-electron chi connectivity index (χ4n) is 2.35. The number of rotatable bonds is 6. The van der Waals surface area contributed by atoms with E-state index in [0.29, 0.717) is 5.92 Å². The summed E-state index contributed by atoms with van der Waals surface area (Å²) in [6.45, 7) is 5.26. The summed E-state index contributed by atoms with van der Waals surface area (Å²) in [7, 11) is 2.02. The monoisotopic (exact) mass is 352 g/mol. The molecule has 0 saturated heterocycles. The zero-order valence-corrected chi connectivity index (χ0v) is 14.6. The first-order valence-electron chi connectivity index (χ1n) is 6.91. The van der Waals surface area contributed by atoms with Crippen molar-refractivity contribution in [3.63, 3.8) is 0 Å². The van der Waals surface area contributed by atoms with Gasteiger partial charge >= 0.3 is 0 Å². The highest BCUT2D eigenvalue weighted by atomic mass is 79.9. The van der Waals surface area contributed by atoms with E-state index in [4.69, 9.17) is 0 Å². The van der Waals surface area contributed by atoms with Crippen LogP contribution in [0, 0.1) is 19.8 Å². The minimum Gasteiger partial charge on any atom is -0.319 e. The maximum absolute atomic E-state index is 4.68. The Labute approximate surface area is 133 Å². The van der Waals surface area contributed by atoms with E-state index in [1.54, 1.807) is 0 Å². The Morgan fingerprint density at radius 1 is 1.25 bits per heavy atom. The highest BCUT2D eigenvalue weighted by molar-refractivity contribution is 9.10. The second kappa shape index (κ2) is 7.34. The maximum atomic E-state index is 4.68. The summed E-state index contributed by atoms with van der Waals surface area (Å²) in [5.74, 6) is 0.573. The molecular formula is C16H21BrN2S. The van der Waals surface area contributed by atoms with Gasteiger partial charge in [0.15, 0.2) is 0 Å². The van der Waals surface area contributed by atoms with Crippen molar-refractivity contribution in [3.8, 4) is 0 Å². The third-order valence-electron chi connectivity index (χ3n) is 3.50. The van der Waals surface area contributed by atoms with Crippen LogP contribution in [0.4, 0.5) is 0 Å². The van der Waals surface area contributed by atoms with Gasteiger partial charge in [-0.15, -0.1) is 11.3 Å². The largest absolute Gasteiger partial charge is 0.319 e. The van der Waals surface area contributed by atoms with Gasteiger partial charge in [-0.3, -0.25) is 0 Å². The van der Waals surface area contributed by atoms with Crippen molar-refractivity contribution in [1.29, 1.82) is 0 Å². The third-order valence-corrected chi connectivity index (χ3v) is 5.36. The van der Waals surface area contributed by atoms with E-state index >= 15 is 0 Å². The molecule has 1 N–H and O–H groups in total. The lowest BCUT2D eigenvalue weighted by atomic mass is 9.96. The molecule has 2 aromatic rings. The van der Waals surface area contributed by atoms with Gasteiger partial charge in [0.05, 0.1) is 10.7 Å². The Morgan fingerprint density at radius 2 is 2.00 bits per heavy atom. The predicted molar refractivity (Wildman–Crippen MR) is 90.6 cm³/mol. The van der Waals surface area contributed by atoms with Crippen molar-refractivity contribution < 1.29 is 0 Å². The number of nitrogens with one attached hydrogen (secondary N) is 1. The van der Waals surface area contributed by atoms with Gasteiger partial charge in [-0.05, 0) is 51.4 Å². The van der Waals surface area contributed by atoms with E-state index in [9.17, 15) is 0 Å². The molecule has 1 atom stereocenters. The standard InChI is InChI=1S/C16H21BrN2S/c1-11-12(2)20-16(19-11)9-13(10-18-3)8-14-6-4-5-7-15(14)17/h4-7,13,18H,8-10H2,1-3H3. The molecule has 1 unspecified atom stereocenters. The van der Waals surface area contributed by atoms with Crippen LogP contribution in [0.5, 0.6) is 0 Å². The molecule has 0 aliphatic rings. The molecule has 20 heavy (non-hydrogen) atoms. The lowest BCUT2D eigenvalue weighted by molar-refractivity contribution is 0.491. The summed E-state index contributed by atoms with van der Waals surface area (Å²) >= 11 is 5.48. The molecule has 0 aliphatic carbocycles. The van der Waals surface area contributed by atoms with Crippen LogP contribution in [0.15, 0.2) is 28.7 Å². The predicted octanol–water partition coefficient (Wildman–Crippen LogP) is 4.14. The quantitative estimate of drug-likeness (QED) is 0.844. The molecule has 108 valence electrons. The number of hydrogen-bond acceptors (Lipinski definition) is 3. The molecule has 0 bridgehead atoms. The van der Waals surface area contributed by atoms with Gasteiger partial charge in [-0.1, -0.05) is 34.1 Å². The third kappa shape index (κ3) is 4.14. The van der Waals surface area contributed by atoms with Gasteiger partial charge in [0.1, 0.15) is 0 Å². The zero-order chi connectivity index (χ0) is 14.5. The lowest BCUT2D eigenvalue weighted by Gasteiger charge is -2.16. The molecule has 4 heteroatoms. The highest BCUT2D eigenvalue weighted by Crippen LogP contribution is 2.24. The van der Waals surface area contributed by atoms with Crippen LogP contribution in [0.1, 0.15) is 21.1 Å². The Balaban J connectivity index is 2.09. The molecule has 2 nitrogen and oxygen atoms in total. The lowest BCUT2D eigenvalue weighted by Crippen LogP contribution is -2.23. The second-order valence-electron chi connectivity index (χ2n) is 5.17. The van der Waals surface area contributed by atoms with Gasteiger partial charge in [-0.2, -0.15) is 0 Å². The van der Waals surface area contributed by atoms with Crippen LogP contribution >= 0.6 is 27.3 Å². The molecule has 0 aliphatic heterocycles. The second-order valence-corrected chi connectivity index (χ2v) is 7.31. The van der Waals surface area contributed by atoms with Gasteiger partial charge in [0.2, 0.25) is 0 Å². The number of aryl methyl sites for hydroxylation is 2. The molecule has 1 aromatic heterocycles. The van der Waals surface area contributed by atoms with E-state index in [1.807, 2.05) is 18.4 Å². The number of aromatic nitrogens is 1. The van der Waals surface area contributed by atoms with Crippen molar-refractivity contribution in [2.24, 2.45) is 5.92 Å². The van der Waals surface area contributed by atoms with Crippen LogP contribution < -0.4 is 5.32 Å². The summed E-state index contributed by atoms with van der Waals surface area (Å²) in [6.07, 6.45) is 2.11. The van der Waals surface area contributed by atoms with E-state index in [-0.39, 0.29) is 0 Å². The van der Waals surface area contributed by atoms with Gasteiger partial charge in [0, 0.05) is 15.8 Å². The van der Waals surface area contributed by atoms with Crippen molar-refractivity contribution in [1.82, 2.24) is 10.3 Å². The van der Waals surface area contributed by atoms with Gasteiger partial charge in [-0.25, -0.2) is 4.98 Å². The van der Waals surface area contributed by atoms with Gasteiger partial charge < -0.3 is 5.32 Å². The Kier molecular flexibility index (Phi) is 5.75. The molecular weight excluding hydrogens is 332 g/mol. The zero-order valence-electron chi connectivity index (χ0n) is 12.2. The van der Waals surface area contributed by atoms with Crippen LogP contribution in [-0.2, 0) is 12.8 Å². The first-order chi connectivity index (χ1) is 9.60. The minimum absolute atomic E-state index is 0.573. The van der Waals surface area contributed by atoms with Crippen molar-refractivity contribution in [2.75, 3.05) is 13.6 Å². The fraction of sp³-hybridized carbons (Fsp3) is 0.438. The SMILES string of the molecule is CNCC(Cc1nc(C)c(C)s1)Cc1ccccc1Br. The van der Waals surface area contributed by atoms with Gasteiger partial charge in [0.25, 0.3) is 0 Å². The Morgan fingerprint density at radius 3 is 2.60 bits per heavy atom. The van der Waals surface area contributed by atoms with Crippen molar-refractivity contribution in [3.05, 3.63) is 49.9 Å². The number of halogens is 1. The van der Waals surface area contributed by atoms with E-state index < -0.39 is 0 Å². The Hall–Kier alpha value is -0.710. The van der Waals surface area contributed by atoms with Crippen molar-refractivity contribution >= 4 is 27.3 Å². The first kappa shape index (κ1) is 15.7. The molecule has 1 heterocycles. The fourth-order valence-corrected chi connectivity index (χ4v) is 3.85. The number of benzene rings is 1. The molecule has 1 aromatic carbocycles. The van der Waals surface area contributed by atoms with E-state index in [0.717, 1.165) is 19.4 Å².